The van der Waals surface area contributed by atoms with E-state index in [1.807, 2.05) is 30.3 Å². The number of aliphatic carboxylic acids is 1. The molecule has 1 heterocycles. The Kier molecular flexibility index (Phi) is 3.81. The van der Waals surface area contributed by atoms with Gasteiger partial charge in [-0.25, -0.2) is 0 Å². The van der Waals surface area contributed by atoms with Crippen molar-refractivity contribution >= 4 is 11.8 Å². The van der Waals surface area contributed by atoms with Crippen LogP contribution in [0.2, 0.25) is 0 Å². The van der Waals surface area contributed by atoms with Gasteiger partial charge >= 0.3 is 5.97 Å². The highest BCUT2D eigenvalue weighted by atomic mass is 16.4. The van der Waals surface area contributed by atoms with Gasteiger partial charge in [0, 0.05) is 18.0 Å². The molecule has 1 aliphatic heterocycles. The summed E-state index contributed by atoms with van der Waals surface area (Å²) < 4.78 is 0. The Balaban J connectivity index is 1.54. The van der Waals surface area contributed by atoms with Gasteiger partial charge in [-0.1, -0.05) is 30.3 Å². The average molecular weight is 287 g/mol. The van der Waals surface area contributed by atoms with Crippen molar-refractivity contribution < 1.29 is 14.7 Å². The molecule has 1 saturated heterocycles. The number of carbonyl (C=O) groups is 2. The van der Waals surface area contributed by atoms with E-state index in [0.717, 1.165) is 44.3 Å². The quantitative estimate of drug-likeness (QED) is 0.845. The van der Waals surface area contributed by atoms with Gasteiger partial charge in [-0.05, 0) is 38.8 Å². The first-order chi connectivity index (χ1) is 10.1. The third-order valence-corrected chi connectivity index (χ3v) is 4.85. The summed E-state index contributed by atoms with van der Waals surface area (Å²) in [5, 5.41) is 9.24. The molecule has 112 valence electrons. The SMILES string of the molecule is O=C(c1ccccc1)C1CCN(CC2(C(=O)O)CC2)CC1. The summed E-state index contributed by atoms with van der Waals surface area (Å²) in [6.07, 6.45) is 3.27. The van der Waals surface area contributed by atoms with Gasteiger partial charge < -0.3 is 10.0 Å². The highest BCUT2D eigenvalue weighted by molar-refractivity contribution is 5.97. The molecule has 0 radical (unpaired) electrons. The molecule has 21 heavy (non-hydrogen) atoms. The first-order valence-corrected chi connectivity index (χ1v) is 7.66. The van der Waals surface area contributed by atoms with Crippen LogP contribution in [-0.4, -0.2) is 41.4 Å². The smallest absolute Gasteiger partial charge is 0.310 e. The van der Waals surface area contributed by atoms with Crippen molar-refractivity contribution in [2.75, 3.05) is 19.6 Å². The summed E-state index contributed by atoms with van der Waals surface area (Å²) in [7, 11) is 0. The number of benzene rings is 1. The first-order valence-electron chi connectivity index (χ1n) is 7.66. The minimum absolute atomic E-state index is 0.0867. The third kappa shape index (κ3) is 3.00. The molecule has 2 fully saturated rings. The Labute approximate surface area is 124 Å². The van der Waals surface area contributed by atoms with E-state index in [0.29, 0.717) is 6.54 Å². The third-order valence-electron chi connectivity index (χ3n) is 4.85. The van der Waals surface area contributed by atoms with Crippen molar-refractivity contribution in [3.63, 3.8) is 0 Å². The zero-order chi connectivity index (χ0) is 14.9. The summed E-state index contributed by atoms with van der Waals surface area (Å²) in [6, 6.07) is 9.45. The topological polar surface area (TPSA) is 57.6 Å². The second-order valence-electron chi connectivity index (χ2n) is 6.37. The second-order valence-corrected chi connectivity index (χ2v) is 6.37. The van der Waals surface area contributed by atoms with Crippen molar-refractivity contribution in [3.05, 3.63) is 35.9 Å². The fraction of sp³-hybridized carbons (Fsp3) is 0.529. The van der Waals surface area contributed by atoms with Crippen molar-refractivity contribution in [3.8, 4) is 0 Å². The van der Waals surface area contributed by atoms with Crippen molar-refractivity contribution in [2.45, 2.75) is 25.7 Å². The van der Waals surface area contributed by atoms with Gasteiger partial charge in [0.15, 0.2) is 5.78 Å². The highest BCUT2D eigenvalue weighted by Gasteiger charge is 2.51. The number of carboxylic acid groups (broad SMARTS) is 1. The number of Topliss-reactive ketones (excluding diaryl/α,β-unsaturated/α-hetero) is 1. The van der Waals surface area contributed by atoms with Crippen molar-refractivity contribution in [1.29, 1.82) is 0 Å². The summed E-state index contributed by atoms with van der Waals surface area (Å²) in [4.78, 5) is 25.9. The van der Waals surface area contributed by atoms with E-state index in [1.54, 1.807) is 0 Å². The highest BCUT2D eigenvalue weighted by Crippen LogP contribution is 2.46. The van der Waals surface area contributed by atoms with Gasteiger partial charge in [-0.3, -0.25) is 9.59 Å². The van der Waals surface area contributed by atoms with Crippen LogP contribution in [0, 0.1) is 11.3 Å². The van der Waals surface area contributed by atoms with E-state index in [-0.39, 0.29) is 11.7 Å². The number of likely N-dealkylation sites (tertiary alicyclic amines) is 1. The molecule has 0 aromatic heterocycles. The Morgan fingerprint density at radius 1 is 1.14 bits per heavy atom. The molecule has 0 amide bonds. The normalized spacial score (nSPS) is 21.9. The van der Waals surface area contributed by atoms with Crippen LogP contribution in [0.4, 0.5) is 0 Å². The molecule has 4 heteroatoms. The first kappa shape index (κ1) is 14.3. The van der Waals surface area contributed by atoms with Gasteiger partial charge in [0.05, 0.1) is 5.41 Å². The molecule has 0 bridgehead atoms. The second kappa shape index (κ2) is 5.60. The van der Waals surface area contributed by atoms with E-state index < -0.39 is 11.4 Å². The number of rotatable bonds is 5. The van der Waals surface area contributed by atoms with Crippen LogP contribution in [0.3, 0.4) is 0 Å². The lowest BCUT2D eigenvalue weighted by Gasteiger charge is -2.32. The van der Waals surface area contributed by atoms with Crippen LogP contribution in [0.1, 0.15) is 36.0 Å². The minimum atomic E-state index is -0.662. The molecule has 0 atom stereocenters. The standard InChI is InChI=1S/C17H21NO3/c19-15(13-4-2-1-3-5-13)14-6-10-18(11-7-14)12-17(8-9-17)16(20)21/h1-5,14H,6-12H2,(H,20,21). The molecule has 1 N–H and O–H groups in total. The molecule has 1 saturated carbocycles. The Hall–Kier alpha value is -1.68. The molecule has 1 aromatic rings. The largest absolute Gasteiger partial charge is 0.481 e. The number of hydrogen-bond donors (Lipinski definition) is 1. The monoisotopic (exact) mass is 287 g/mol. The van der Waals surface area contributed by atoms with E-state index >= 15 is 0 Å². The molecular weight excluding hydrogens is 266 g/mol. The molecular formula is C17H21NO3. The van der Waals surface area contributed by atoms with Crippen LogP contribution < -0.4 is 0 Å². The lowest BCUT2D eigenvalue weighted by atomic mass is 9.88. The number of nitrogens with zero attached hydrogens (tertiary/aromatic N) is 1. The van der Waals surface area contributed by atoms with Gasteiger partial charge in [0.1, 0.15) is 0 Å². The fourth-order valence-electron chi connectivity index (χ4n) is 3.21. The number of carbonyl (C=O) groups excluding carboxylic acids is 1. The number of piperidine rings is 1. The summed E-state index contributed by atoms with van der Waals surface area (Å²) in [5.41, 5.74) is 0.302. The van der Waals surface area contributed by atoms with E-state index in [9.17, 15) is 14.7 Å². The Morgan fingerprint density at radius 2 is 1.76 bits per heavy atom. The van der Waals surface area contributed by atoms with Gasteiger partial charge in [0.2, 0.25) is 0 Å². The van der Waals surface area contributed by atoms with Crippen LogP contribution in [0.15, 0.2) is 30.3 Å². The van der Waals surface area contributed by atoms with Crippen LogP contribution in [0.5, 0.6) is 0 Å². The molecule has 3 rings (SSSR count). The Morgan fingerprint density at radius 3 is 2.29 bits per heavy atom. The maximum atomic E-state index is 12.4. The summed E-state index contributed by atoms with van der Waals surface area (Å²) >= 11 is 0. The molecule has 2 aliphatic rings. The lowest BCUT2D eigenvalue weighted by molar-refractivity contribution is -0.144. The van der Waals surface area contributed by atoms with E-state index in [4.69, 9.17) is 0 Å². The van der Waals surface area contributed by atoms with Crippen LogP contribution in [0.25, 0.3) is 0 Å². The minimum Gasteiger partial charge on any atom is -0.481 e. The van der Waals surface area contributed by atoms with Crippen LogP contribution in [-0.2, 0) is 4.79 Å². The molecule has 1 aliphatic carbocycles. The van der Waals surface area contributed by atoms with Gasteiger partial charge in [-0.2, -0.15) is 0 Å². The summed E-state index contributed by atoms with van der Waals surface area (Å²) in [6.45, 7) is 2.31. The fourth-order valence-corrected chi connectivity index (χ4v) is 3.21. The predicted molar refractivity (Wildman–Crippen MR) is 79.2 cm³/mol. The number of carboxylic acids is 1. The molecule has 1 aromatic carbocycles. The molecule has 0 unspecified atom stereocenters. The van der Waals surface area contributed by atoms with Gasteiger partial charge in [0.25, 0.3) is 0 Å². The van der Waals surface area contributed by atoms with Crippen molar-refractivity contribution in [2.24, 2.45) is 11.3 Å². The van der Waals surface area contributed by atoms with Crippen molar-refractivity contribution in [1.82, 2.24) is 4.90 Å². The lowest BCUT2D eigenvalue weighted by Crippen LogP contribution is -2.41. The maximum Gasteiger partial charge on any atom is 0.310 e. The Bertz CT molecular complexity index is 528. The number of ketones is 1. The predicted octanol–water partition coefficient (Wildman–Crippen LogP) is 2.45. The zero-order valence-electron chi connectivity index (χ0n) is 12.1. The number of hydrogen-bond acceptors (Lipinski definition) is 3. The van der Waals surface area contributed by atoms with E-state index in [2.05, 4.69) is 4.90 Å². The van der Waals surface area contributed by atoms with Crippen LogP contribution >= 0.6 is 0 Å². The molecule has 0 spiro atoms. The summed E-state index contributed by atoms with van der Waals surface area (Å²) in [5.74, 6) is -0.344. The molecule has 4 nitrogen and oxygen atoms in total. The average Bonchev–Trinajstić information content (AvgIpc) is 3.29. The van der Waals surface area contributed by atoms with E-state index in [1.165, 1.54) is 0 Å². The van der Waals surface area contributed by atoms with Gasteiger partial charge in [-0.15, -0.1) is 0 Å². The maximum absolute atomic E-state index is 12.4. The zero-order valence-corrected chi connectivity index (χ0v) is 12.1.